The predicted octanol–water partition coefficient (Wildman–Crippen LogP) is 3.65. The number of nitrogens with one attached hydrogen (secondary N) is 1. The van der Waals surface area contributed by atoms with E-state index in [4.69, 9.17) is 15.2 Å². The lowest BCUT2D eigenvalue weighted by atomic mass is 10.1. The van der Waals surface area contributed by atoms with Crippen LogP contribution in [0.15, 0.2) is 0 Å². The molecule has 0 amide bonds. The molecule has 1 aliphatic carbocycles. The van der Waals surface area contributed by atoms with Crippen LogP contribution in [0.3, 0.4) is 0 Å². The zero-order valence-electron chi connectivity index (χ0n) is 12.7. The van der Waals surface area contributed by atoms with Gasteiger partial charge in [0.1, 0.15) is 15.6 Å². The smallest absolute Gasteiger partial charge is 0.350 e. The molecule has 5 nitrogen and oxygen atoms in total. The number of hydrogen-bond donors (Lipinski definition) is 2. The Labute approximate surface area is 129 Å². The van der Waals surface area contributed by atoms with Crippen LogP contribution >= 0.6 is 11.3 Å². The highest BCUT2D eigenvalue weighted by molar-refractivity contribution is 7.19. The van der Waals surface area contributed by atoms with Gasteiger partial charge in [-0.15, -0.1) is 11.3 Å². The number of carbonyl (C=O) groups is 1. The van der Waals surface area contributed by atoms with E-state index in [0.717, 1.165) is 17.8 Å². The van der Waals surface area contributed by atoms with Crippen LogP contribution in [0.5, 0.6) is 5.75 Å². The first-order valence-electron chi connectivity index (χ1n) is 7.57. The maximum atomic E-state index is 11.9. The molecule has 0 radical (unpaired) electrons. The number of esters is 1. The van der Waals surface area contributed by atoms with Gasteiger partial charge < -0.3 is 20.5 Å². The number of rotatable bonds is 5. The Hall–Kier alpha value is -1.43. The topological polar surface area (TPSA) is 73.6 Å². The van der Waals surface area contributed by atoms with Gasteiger partial charge in [0, 0.05) is 6.04 Å². The second-order valence-corrected chi connectivity index (χ2v) is 6.28. The molecule has 3 N–H and O–H groups in total. The summed E-state index contributed by atoms with van der Waals surface area (Å²) < 4.78 is 10.4. The van der Waals surface area contributed by atoms with E-state index in [1.54, 1.807) is 14.0 Å². The largest absolute Gasteiger partial charge is 0.492 e. The lowest BCUT2D eigenvalue weighted by molar-refractivity contribution is 0.0533. The molecule has 0 bridgehead atoms. The molecular weight excluding hydrogens is 288 g/mol. The Balaban J connectivity index is 2.17. The van der Waals surface area contributed by atoms with Gasteiger partial charge in [0.2, 0.25) is 0 Å². The van der Waals surface area contributed by atoms with E-state index in [1.807, 2.05) is 0 Å². The van der Waals surface area contributed by atoms with Crippen molar-refractivity contribution in [1.82, 2.24) is 0 Å². The molecule has 0 aliphatic heterocycles. The van der Waals surface area contributed by atoms with E-state index in [-0.39, 0.29) is 5.97 Å². The summed E-state index contributed by atoms with van der Waals surface area (Å²) in [5, 5.41) is 4.34. The quantitative estimate of drug-likeness (QED) is 0.641. The molecular formula is C15H24N2O3S. The van der Waals surface area contributed by atoms with E-state index in [2.05, 4.69) is 5.32 Å². The first kappa shape index (κ1) is 15.9. The maximum Gasteiger partial charge on any atom is 0.350 e. The Kier molecular flexibility index (Phi) is 5.73. The van der Waals surface area contributed by atoms with Gasteiger partial charge in [-0.2, -0.15) is 0 Å². The lowest BCUT2D eigenvalue weighted by Crippen LogP contribution is -2.17. The number of anilines is 2. The minimum absolute atomic E-state index is 0.337. The van der Waals surface area contributed by atoms with E-state index in [1.165, 1.54) is 37.0 Å². The summed E-state index contributed by atoms with van der Waals surface area (Å²) >= 11 is 1.32. The van der Waals surface area contributed by atoms with E-state index in [0.29, 0.717) is 29.0 Å². The van der Waals surface area contributed by atoms with E-state index < -0.39 is 0 Å². The molecule has 1 fully saturated rings. The number of methoxy groups -OCH3 is 1. The van der Waals surface area contributed by atoms with Crippen molar-refractivity contribution in [1.29, 1.82) is 0 Å². The molecule has 1 aliphatic rings. The average molecular weight is 312 g/mol. The standard InChI is InChI=1S/C15H24N2O3S/c1-3-20-15(18)13-11(16)12(19-2)14(21-13)17-10-8-6-4-5-7-9-10/h10,17H,3-9,16H2,1-2H3. The Morgan fingerprint density at radius 3 is 2.57 bits per heavy atom. The fourth-order valence-electron chi connectivity index (χ4n) is 2.68. The Bertz CT molecular complexity index is 480. The van der Waals surface area contributed by atoms with Crippen LogP contribution in [0.4, 0.5) is 10.7 Å². The molecule has 1 heterocycles. The van der Waals surface area contributed by atoms with Crippen molar-refractivity contribution in [2.24, 2.45) is 0 Å². The van der Waals surface area contributed by atoms with Crippen LogP contribution in [0, 0.1) is 0 Å². The molecule has 0 aromatic carbocycles. The van der Waals surface area contributed by atoms with Gasteiger partial charge in [0.15, 0.2) is 5.75 Å². The molecule has 0 saturated heterocycles. The summed E-state index contributed by atoms with van der Waals surface area (Å²) in [5.74, 6) is 0.180. The third-order valence-corrected chi connectivity index (χ3v) is 4.85. The van der Waals surface area contributed by atoms with Crippen molar-refractivity contribution in [3.63, 3.8) is 0 Å². The highest BCUT2D eigenvalue weighted by Crippen LogP contribution is 2.43. The van der Waals surface area contributed by atoms with Gasteiger partial charge in [-0.3, -0.25) is 0 Å². The van der Waals surface area contributed by atoms with Gasteiger partial charge in [0.25, 0.3) is 0 Å². The first-order chi connectivity index (χ1) is 10.2. The van der Waals surface area contributed by atoms with Crippen LogP contribution in [0.2, 0.25) is 0 Å². The summed E-state index contributed by atoms with van der Waals surface area (Å²) in [6.45, 7) is 2.12. The molecule has 21 heavy (non-hydrogen) atoms. The fraction of sp³-hybridized carbons (Fsp3) is 0.667. The Morgan fingerprint density at radius 1 is 1.33 bits per heavy atom. The van der Waals surface area contributed by atoms with Gasteiger partial charge >= 0.3 is 5.97 Å². The number of thiophene rings is 1. The van der Waals surface area contributed by atoms with Crippen molar-refractivity contribution in [2.75, 3.05) is 24.8 Å². The van der Waals surface area contributed by atoms with Crippen molar-refractivity contribution >= 4 is 28.0 Å². The number of hydrogen-bond acceptors (Lipinski definition) is 6. The van der Waals surface area contributed by atoms with Crippen molar-refractivity contribution < 1.29 is 14.3 Å². The average Bonchev–Trinajstić information content (AvgIpc) is 2.65. The summed E-state index contributed by atoms with van der Waals surface area (Å²) in [6.07, 6.45) is 7.38. The minimum Gasteiger partial charge on any atom is -0.492 e. The van der Waals surface area contributed by atoms with Gasteiger partial charge in [0.05, 0.1) is 13.7 Å². The first-order valence-corrected chi connectivity index (χ1v) is 8.38. The van der Waals surface area contributed by atoms with Crippen LogP contribution in [0.1, 0.15) is 55.1 Å². The zero-order chi connectivity index (χ0) is 15.2. The van der Waals surface area contributed by atoms with Crippen LogP contribution in [-0.2, 0) is 4.74 Å². The maximum absolute atomic E-state index is 11.9. The van der Waals surface area contributed by atoms with Crippen LogP contribution in [0.25, 0.3) is 0 Å². The second kappa shape index (κ2) is 7.54. The highest BCUT2D eigenvalue weighted by Gasteiger charge is 2.24. The summed E-state index contributed by atoms with van der Waals surface area (Å²) in [6, 6.07) is 0.425. The number of carbonyl (C=O) groups excluding carboxylic acids is 1. The highest BCUT2D eigenvalue weighted by atomic mass is 32.1. The van der Waals surface area contributed by atoms with Crippen LogP contribution in [-0.4, -0.2) is 25.7 Å². The molecule has 1 aromatic rings. The SMILES string of the molecule is CCOC(=O)c1sc(NC2CCCCCC2)c(OC)c1N. The van der Waals surface area contributed by atoms with Crippen molar-refractivity contribution in [3.05, 3.63) is 4.88 Å². The zero-order valence-corrected chi connectivity index (χ0v) is 13.6. The van der Waals surface area contributed by atoms with Crippen molar-refractivity contribution in [2.45, 2.75) is 51.5 Å². The number of nitrogen functional groups attached to an aromatic ring is 1. The van der Waals surface area contributed by atoms with Gasteiger partial charge in [-0.05, 0) is 19.8 Å². The lowest BCUT2D eigenvalue weighted by Gasteiger charge is -2.17. The van der Waals surface area contributed by atoms with Crippen molar-refractivity contribution in [3.8, 4) is 5.75 Å². The second-order valence-electron chi connectivity index (χ2n) is 5.26. The minimum atomic E-state index is -0.382. The number of nitrogens with two attached hydrogens (primary N) is 1. The third-order valence-electron chi connectivity index (χ3n) is 3.75. The summed E-state index contributed by atoms with van der Waals surface area (Å²) in [4.78, 5) is 12.3. The van der Waals surface area contributed by atoms with Gasteiger partial charge in [-0.1, -0.05) is 25.7 Å². The number of ether oxygens (including phenoxy) is 2. The molecule has 0 atom stereocenters. The molecule has 1 saturated carbocycles. The monoisotopic (exact) mass is 312 g/mol. The molecule has 0 spiro atoms. The molecule has 2 rings (SSSR count). The molecule has 118 valence electrons. The third kappa shape index (κ3) is 3.81. The molecule has 1 aromatic heterocycles. The molecule has 6 heteroatoms. The fourth-order valence-corrected chi connectivity index (χ4v) is 3.74. The normalized spacial score (nSPS) is 16.3. The predicted molar refractivity (Wildman–Crippen MR) is 86.4 cm³/mol. The van der Waals surface area contributed by atoms with Crippen LogP contribution < -0.4 is 15.8 Å². The van der Waals surface area contributed by atoms with Gasteiger partial charge in [-0.25, -0.2) is 4.79 Å². The molecule has 0 unspecified atom stereocenters. The summed E-state index contributed by atoms with van der Waals surface area (Å²) in [7, 11) is 1.58. The summed E-state index contributed by atoms with van der Waals surface area (Å²) in [5.41, 5.74) is 6.40. The van der Waals surface area contributed by atoms with E-state index in [9.17, 15) is 4.79 Å². The Morgan fingerprint density at radius 2 is 2.00 bits per heavy atom. The van der Waals surface area contributed by atoms with E-state index >= 15 is 0 Å².